The molecule has 14 heavy (non-hydrogen) atoms. The van der Waals surface area contributed by atoms with Gasteiger partial charge in [0.15, 0.2) is 12.1 Å². The van der Waals surface area contributed by atoms with Crippen molar-refractivity contribution < 1.29 is 14.7 Å². The Balaban J connectivity index is 3.49. The fourth-order valence-corrected chi connectivity index (χ4v) is 1.04. The fraction of sp³-hybridized carbons (Fsp3) is 0.100. The third kappa shape index (κ3) is 1.62. The van der Waals surface area contributed by atoms with Gasteiger partial charge >= 0.3 is 0 Å². The van der Waals surface area contributed by atoms with Gasteiger partial charge in [0, 0.05) is 5.56 Å². The third-order valence-corrected chi connectivity index (χ3v) is 1.79. The predicted molar refractivity (Wildman–Crippen MR) is 48.2 cm³/mol. The number of carbonyl (C=O) groups is 2. The lowest BCUT2D eigenvalue weighted by Crippen LogP contribution is -1.96. The van der Waals surface area contributed by atoms with Crippen LogP contribution in [0.1, 0.15) is 33.2 Å². The summed E-state index contributed by atoms with van der Waals surface area (Å²) in [4.78, 5) is 21.5. The first-order chi connectivity index (χ1) is 6.60. The van der Waals surface area contributed by atoms with Crippen LogP contribution in [0.3, 0.4) is 0 Å². The van der Waals surface area contributed by atoms with E-state index in [1.807, 2.05) is 0 Å². The number of hydrogen-bond acceptors (Lipinski definition) is 4. The van der Waals surface area contributed by atoms with E-state index in [9.17, 15) is 14.7 Å². The Morgan fingerprint density at radius 2 is 2.21 bits per heavy atom. The number of nitrogens with zero attached hydrogens (tertiary/aromatic N) is 1. The summed E-state index contributed by atoms with van der Waals surface area (Å²) in [7, 11) is 0. The molecule has 0 aliphatic carbocycles. The first-order valence-corrected chi connectivity index (χ1v) is 3.83. The van der Waals surface area contributed by atoms with Gasteiger partial charge in [-0.25, -0.2) is 0 Å². The van der Waals surface area contributed by atoms with Crippen LogP contribution in [-0.4, -0.2) is 17.2 Å². The van der Waals surface area contributed by atoms with Crippen molar-refractivity contribution in [3.05, 3.63) is 28.8 Å². The van der Waals surface area contributed by atoms with E-state index in [4.69, 9.17) is 5.26 Å². The molecule has 0 saturated heterocycles. The normalized spacial score (nSPS) is 9.14. The number of aldehydes is 1. The van der Waals surface area contributed by atoms with Crippen molar-refractivity contribution in [1.82, 2.24) is 0 Å². The van der Waals surface area contributed by atoms with Crippen molar-refractivity contribution in [3.63, 3.8) is 0 Å². The topological polar surface area (TPSA) is 78.2 Å². The molecular formula is C10H7NO3. The largest absolute Gasteiger partial charge is 0.506 e. The zero-order valence-corrected chi connectivity index (χ0v) is 7.44. The van der Waals surface area contributed by atoms with Crippen LogP contribution < -0.4 is 0 Å². The number of phenolic OH excluding ortho intramolecular Hbond substituents is 1. The Bertz CT molecular complexity index is 443. The van der Waals surface area contributed by atoms with Crippen LogP contribution >= 0.6 is 0 Å². The van der Waals surface area contributed by atoms with Crippen LogP contribution in [-0.2, 0) is 0 Å². The Kier molecular flexibility index (Phi) is 2.63. The van der Waals surface area contributed by atoms with Gasteiger partial charge in [0.1, 0.15) is 11.8 Å². The van der Waals surface area contributed by atoms with Crippen molar-refractivity contribution in [1.29, 1.82) is 5.26 Å². The highest BCUT2D eigenvalue weighted by Gasteiger charge is 2.11. The molecule has 1 rings (SSSR count). The molecule has 0 unspecified atom stereocenters. The lowest BCUT2D eigenvalue weighted by Gasteiger charge is -2.02. The van der Waals surface area contributed by atoms with E-state index >= 15 is 0 Å². The second-order valence-electron chi connectivity index (χ2n) is 2.75. The highest BCUT2D eigenvalue weighted by atomic mass is 16.3. The molecular weight excluding hydrogens is 182 g/mol. The van der Waals surface area contributed by atoms with Crippen molar-refractivity contribution in [3.8, 4) is 11.8 Å². The van der Waals surface area contributed by atoms with Gasteiger partial charge in [-0.15, -0.1) is 0 Å². The van der Waals surface area contributed by atoms with Gasteiger partial charge in [-0.2, -0.15) is 5.26 Å². The van der Waals surface area contributed by atoms with Crippen molar-refractivity contribution in [2.75, 3.05) is 0 Å². The molecule has 1 aromatic carbocycles. The molecule has 0 aliphatic rings. The Labute approximate surface area is 80.4 Å². The van der Waals surface area contributed by atoms with Crippen LogP contribution in [0.15, 0.2) is 12.1 Å². The average molecular weight is 189 g/mol. The summed E-state index contributed by atoms with van der Waals surface area (Å²) < 4.78 is 0. The Hall–Kier alpha value is -2.15. The smallest absolute Gasteiger partial charge is 0.159 e. The molecule has 4 heteroatoms. The summed E-state index contributed by atoms with van der Waals surface area (Å²) in [5.41, 5.74) is 0.121. The van der Waals surface area contributed by atoms with Gasteiger partial charge < -0.3 is 5.11 Å². The van der Waals surface area contributed by atoms with Crippen LogP contribution in [0.4, 0.5) is 0 Å². The summed E-state index contributed by atoms with van der Waals surface area (Å²) in [6.07, 6.45) is 0.405. The lowest BCUT2D eigenvalue weighted by atomic mass is 10.0. The molecule has 1 aromatic rings. The van der Waals surface area contributed by atoms with Crippen LogP contribution in [0.5, 0.6) is 5.75 Å². The number of nitriles is 1. The number of ketones is 1. The number of phenols is 1. The SMILES string of the molecule is CC(=O)c1cc(C#N)c(O)c(C=O)c1. The average Bonchev–Trinajstić information content (AvgIpc) is 2.17. The van der Waals surface area contributed by atoms with Crippen LogP contribution in [0.25, 0.3) is 0 Å². The number of carbonyl (C=O) groups excluding carboxylic acids is 2. The van der Waals surface area contributed by atoms with Gasteiger partial charge in [0.25, 0.3) is 0 Å². The van der Waals surface area contributed by atoms with Gasteiger partial charge in [-0.3, -0.25) is 9.59 Å². The Morgan fingerprint density at radius 3 is 2.64 bits per heavy atom. The molecule has 0 fully saturated rings. The lowest BCUT2D eigenvalue weighted by molar-refractivity contribution is 0.101. The zero-order valence-electron chi connectivity index (χ0n) is 7.44. The third-order valence-electron chi connectivity index (χ3n) is 1.79. The highest BCUT2D eigenvalue weighted by Crippen LogP contribution is 2.22. The Morgan fingerprint density at radius 1 is 1.57 bits per heavy atom. The number of aromatic hydroxyl groups is 1. The summed E-state index contributed by atoms with van der Waals surface area (Å²) in [6.45, 7) is 1.32. The number of hydrogen-bond donors (Lipinski definition) is 1. The minimum atomic E-state index is -0.382. The second kappa shape index (κ2) is 3.71. The summed E-state index contributed by atoms with van der Waals surface area (Å²) >= 11 is 0. The minimum absolute atomic E-state index is 0.0470. The second-order valence-corrected chi connectivity index (χ2v) is 2.75. The highest BCUT2D eigenvalue weighted by molar-refractivity contribution is 5.97. The molecule has 1 N–H and O–H groups in total. The van der Waals surface area contributed by atoms with Crippen molar-refractivity contribution in [2.24, 2.45) is 0 Å². The van der Waals surface area contributed by atoms with Gasteiger partial charge in [-0.05, 0) is 19.1 Å². The summed E-state index contributed by atoms with van der Waals surface area (Å²) in [6, 6.07) is 4.21. The van der Waals surface area contributed by atoms with Gasteiger partial charge in [0.2, 0.25) is 0 Å². The standard InChI is InChI=1S/C10H7NO3/c1-6(13)7-2-8(4-11)10(14)9(3-7)5-12/h2-3,5,14H,1H3. The fourth-order valence-electron chi connectivity index (χ4n) is 1.04. The van der Waals surface area contributed by atoms with Crippen LogP contribution in [0, 0.1) is 11.3 Å². The first-order valence-electron chi connectivity index (χ1n) is 3.83. The van der Waals surface area contributed by atoms with Crippen molar-refractivity contribution >= 4 is 12.1 Å². The molecule has 0 aromatic heterocycles. The quantitative estimate of drug-likeness (QED) is 0.561. The van der Waals surface area contributed by atoms with E-state index in [2.05, 4.69) is 0 Å². The first kappa shape index (κ1) is 9.93. The summed E-state index contributed by atoms with van der Waals surface area (Å²) in [5, 5.41) is 17.9. The summed E-state index contributed by atoms with van der Waals surface area (Å²) in [5.74, 6) is -0.642. The number of rotatable bonds is 2. The van der Waals surface area contributed by atoms with E-state index in [1.165, 1.54) is 19.1 Å². The predicted octanol–water partition coefficient (Wildman–Crippen LogP) is 1.28. The molecule has 0 heterocycles. The molecule has 0 aliphatic heterocycles. The molecule has 0 saturated carbocycles. The van der Waals surface area contributed by atoms with E-state index in [-0.39, 0.29) is 28.2 Å². The maximum Gasteiger partial charge on any atom is 0.159 e. The number of Topliss-reactive ketones (excluding diaryl/α,β-unsaturated/α-hetero) is 1. The minimum Gasteiger partial charge on any atom is -0.506 e. The van der Waals surface area contributed by atoms with E-state index in [0.29, 0.717) is 6.29 Å². The monoisotopic (exact) mass is 189 g/mol. The van der Waals surface area contributed by atoms with Gasteiger partial charge in [0.05, 0.1) is 11.1 Å². The maximum absolute atomic E-state index is 11.0. The van der Waals surface area contributed by atoms with Crippen LogP contribution in [0.2, 0.25) is 0 Å². The molecule has 4 nitrogen and oxygen atoms in total. The molecule has 0 amide bonds. The van der Waals surface area contributed by atoms with E-state index in [1.54, 1.807) is 6.07 Å². The molecule has 70 valence electrons. The molecule has 0 spiro atoms. The molecule has 0 bridgehead atoms. The number of benzene rings is 1. The van der Waals surface area contributed by atoms with E-state index < -0.39 is 0 Å². The van der Waals surface area contributed by atoms with E-state index in [0.717, 1.165) is 0 Å². The molecule has 0 radical (unpaired) electrons. The van der Waals surface area contributed by atoms with Gasteiger partial charge in [-0.1, -0.05) is 0 Å². The maximum atomic E-state index is 11.0. The zero-order chi connectivity index (χ0) is 10.7. The van der Waals surface area contributed by atoms with Crippen molar-refractivity contribution in [2.45, 2.75) is 6.92 Å². The molecule has 0 atom stereocenters.